The van der Waals surface area contributed by atoms with Gasteiger partial charge in [-0.1, -0.05) is 34.8 Å². The zero-order valence-corrected chi connectivity index (χ0v) is 15.7. The highest BCUT2D eigenvalue weighted by atomic mass is 35.5. The number of hydrogen-bond acceptors (Lipinski definition) is 2. The van der Waals surface area contributed by atoms with Gasteiger partial charge in [0.25, 0.3) is 5.91 Å². The molecule has 0 heterocycles. The van der Waals surface area contributed by atoms with E-state index in [0.29, 0.717) is 32.0 Å². The minimum atomic E-state index is -0.235. The van der Waals surface area contributed by atoms with E-state index in [1.54, 1.807) is 72.8 Å². The van der Waals surface area contributed by atoms with Crippen molar-refractivity contribution in [1.29, 1.82) is 0 Å². The van der Waals surface area contributed by atoms with Crippen molar-refractivity contribution in [2.75, 3.05) is 4.90 Å². The summed E-state index contributed by atoms with van der Waals surface area (Å²) in [6.07, 6.45) is 1.48. The van der Waals surface area contributed by atoms with Gasteiger partial charge in [-0.15, -0.1) is 0 Å². The van der Waals surface area contributed by atoms with Crippen molar-refractivity contribution in [3.63, 3.8) is 0 Å². The highest BCUT2D eigenvalue weighted by Crippen LogP contribution is 2.21. The molecule has 0 aliphatic rings. The quantitative estimate of drug-likeness (QED) is 0.354. The number of halogens is 3. The lowest BCUT2D eigenvalue weighted by molar-refractivity contribution is 0.100. The Morgan fingerprint density at radius 1 is 0.731 bits per heavy atom. The Balaban J connectivity index is 1.95. The molecule has 3 aromatic carbocycles. The predicted octanol–water partition coefficient (Wildman–Crippen LogP) is 6.65. The molecule has 0 aliphatic carbocycles. The molecule has 0 atom stereocenters. The van der Waals surface area contributed by atoms with Crippen LogP contribution >= 0.6 is 34.8 Å². The summed E-state index contributed by atoms with van der Waals surface area (Å²) in [5.41, 5.74) is 1.82. The molecule has 0 N–H and O–H groups in total. The van der Waals surface area contributed by atoms with Crippen LogP contribution < -0.4 is 4.90 Å². The summed E-state index contributed by atoms with van der Waals surface area (Å²) in [7, 11) is 0. The second kappa shape index (κ2) is 8.37. The molecule has 6 heteroatoms. The smallest absolute Gasteiger partial charge is 0.263 e. The summed E-state index contributed by atoms with van der Waals surface area (Å²) in [5.74, 6) is -0.235. The first-order valence-electron chi connectivity index (χ1n) is 7.67. The van der Waals surface area contributed by atoms with Crippen LogP contribution in [0.15, 0.2) is 77.8 Å². The minimum Gasteiger partial charge on any atom is -0.268 e. The Bertz CT molecular complexity index is 921. The summed E-state index contributed by atoms with van der Waals surface area (Å²) in [6.45, 7) is 0. The van der Waals surface area contributed by atoms with Gasteiger partial charge in [-0.2, -0.15) is 0 Å². The number of carbonyl (C=O) groups is 1. The fraction of sp³-hybridized carbons (Fsp3) is 0. The molecule has 0 saturated carbocycles. The molecule has 3 nitrogen and oxygen atoms in total. The number of benzene rings is 3. The molecule has 0 fully saturated rings. The first-order chi connectivity index (χ1) is 12.5. The van der Waals surface area contributed by atoms with Crippen LogP contribution in [0.1, 0.15) is 10.4 Å². The van der Waals surface area contributed by atoms with Gasteiger partial charge < -0.3 is 0 Å². The van der Waals surface area contributed by atoms with Crippen molar-refractivity contribution in [1.82, 2.24) is 0 Å². The van der Waals surface area contributed by atoms with Gasteiger partial charge in [-0.3, -0.25) is 9.69 Å². The van der Waals surface area contributed by atoms with Gasteiger partial charge in [-0.05, 0) is 72.8 Å². The van der Waals surface area contributed by atoms with Gasteiger partial charge >= 0.3 is 0 Å². The standard InChI is InChI=1S/C20H13Cl3N2O/c21-15-3-1-14(2-4-15)20(26)25(19-11-7-17(23)8-12-19)13-24-18-9-5-16(22)6-10-18/h1-13H. The van der Waals surface area contributed by atoms with Crippen LogP contribution in [-0.4, -0.2) is 12.2 Å². The van der Waals surface area contributed by atoms with Crippen molar-refractivity contribution in [2.45, 2.75) is 0 Å². The van der Waals surface area contributed by atoms with E-state index in [1.165, 1.54) is 11.2 Å². The van der Waals surface area contributed by atoms with Crippen LogP contribution in [0.3, 0.4) is 0 Å². The topological polar surface area (TPSA) is 32.7 Å². The van der Waals surface area contributed by atoms with Crippen molar-refractivity contribution in [3.05, 3.63) is 93.4 Å². The highest BCUT2D eigenvalue weighted by molar-refractivity contribution is 6.31. The molecule has 130 valence electrons. The van der Waals surface area contributed by atoms with Gasteiger partial charge in [0.1, 0.15) is 6.34 Å². The molecular weight excluding hydrogens is 391 g/mol. The Morgan fingerprint density at radius 3 is 1.73 bits per heavy atom. The fourth-order valence-corrected chi connectivity index (χ4v) is 2.60. The summed E-state index contributed by atoms with van der Waals surface area (Å²) in [6, 6.07) is 20.6. The van der Waals surface area contributed by atoms with Gasteiger partial charge in [-0.25, -0.2) is 4.99 Å². The third kappa shape index (κ3) is 4.64. The maximum atomic E-state index is 13.0. The Hall–Kier alpha value is -2.33. The van der Waals surface area contributed by atoms with Crippen LogP contribution in [0, 0.1) is 0 Å². The molecule has 0 saturated heterocycles. The highest BCUT2D eigenvalue weighted by Gasteiger charge is 2.16. The summed E-state index contributed by atoms with van der Waals surface area (Å²) < 4.78 is 0. The monoisotopic (exact) mass is 402 g/mol. The molecule has 3 aromatic rings. The maximum Gasteiger partial charge on any atom is 0.263 e. The number of aliphatic imine (C=N–C) groups is 1. The number of amides is 1. The van der Waals surface area contributed by atoms with Gasteiger partial charge in [0.15, 0.2) is 0 Å². The normalized spacial score (nSPS) is 10.9. The second-order valence-corrected chi connectivity index (χ2v) is 6.69. The molecular formula is C20H13Cl3N2O. The zero-order chi connectivity index (χ0) is 18.5. The van der Waals surface area contributed by atoms with E-state index in [9.17, 15) is 4.79 Å². The predicted molar refractivity (Wildman–Crippen MR) is 109 cm³/mol. The summed E-state index contributed by atoms with van der Waals surface area (Å²) in [4.78, 5) is 18.8. The lowest BCUT2D eigenvalue weighted by Crippen LogP contribution is -2.29. The molecule has 0 aliphatic heterocycles. The molecule has 3 rings (SSSR count). The van der Waals surface area contributed by atoms with E-state index >= 15 is 0 Å². The van der Waals surface area contributed by atoms with E-state index in [2.05, 4.69) is 4.99 Å². The second-order valence-electron chi connectivity index (χ2n) is 5.38. The number of rotatable bonds is 4. The zero-order valence-electron chi connectivity index (χ0n) is 13.4. The average molecular weight is 404 g/mol. The molecule has 0 bridgehead atoms. The van der Waals surface area contributed by atoms with Crippen LogP contribution in [-0.2, 0) is 0 Å². The number of nitrogens with zero attached hydrogens (tertiary/aromatic N) is 2. The third-order valence-electron chi connectivity index (χ3n) is 3.56. The molecule has 26 heavy (non-hydrogen) atoms. The SMILES string of the molecule is O=C(c1ccc(Cl)cc1)N(C=Nc1ccc(Cl)cc1)c1ccc(Cl)cc1. The van der Waals surface area contributed by atoms with Gasteiger partial charge in [0.2, 0.25) is 0 Å². The molecule has 1 amide bonds. The lowest BCUT2D eigenvalue weighted by Gasteiger charge is -2.18. The van der Waals surface area contributed by atoms with Crippen molar-refractivity contribution < 1.29 is 4.79 Å². The lowest BCUT2D eigenvalue weighted by atomic mass is 10.2. The largest absolute Gasteiger partial charge is 0.268 e. The summed E-state index contributed by atoms with van der Waals surface area (Å²) >= 11 is 17.8. The third-order valence-corrected chi connectivity index (χ3v) is 4.32. The van der Waals surface area contributed by atoms with Crippen molar-refractivity contribution in [2.24, 2.45) is 4.99 Å². The average Bonchev–Trinajstić information content (AvgIpc) is 2.65. The van der Waals surface area contributed by atoms with Crippen molar-refractivity contribution >= 4 is 58.4 Å². The Labute approximate surface area is 166 Å². The molecule has 0 aromatic heterocycles. The van der Waals surface area contributed by atoms with E-state index in [0.717, 1.165) is 0 Å². The van der Waals surface area contributed by atoms with Gasteiger partial charge in [0.05, 0.1) is 11.4 Å². The van der Waals surface area contributed by atoms with Crippen molar-refractivity contribution in [3.8, 4) is 0 Å². The summed E-state index contributed by atoms with van der Waals surface area (Å²) in [5, 5.41) is 1.77. The Kier molecular flexibility index (Phi) is 5.94. The van der Waals surface area contributed by atoms with Crippen LogP contribution in [0.4, 0.5) is 11.4 Å². The molecule has 0 spiro atoms. The number of hydrogen-bond donors (Lipinski definition) is 0. The molecule has 0 radical (unpaired) electrons. The Morgan fingerprint density at radius 2 is 1.19 bits per heavy atom. The van der Waals surface area contributed by atoms with Crippen LogP contribution in [0.2, 0.25) is 15.1 Å². The first kappa shape index (κ1) is 18.5. The molecule has 0 unspecified atom stereocenters. The maximum absolute atomic E-state index is 13.0. The van der Waals surface area contributed by atoms with Gasteiger partial charge in [0, 0.05) is 20.6 Å². The van der Waals surface area contributed by atoms with E-state index in [1.807, 2.05) is 0 Å². The van der Waals surface area contributed by atoms with Crippen LogP contribution in [0.5, 0.6) is 0 Å². The fourth-order valence-electron chi connectivity index (χ4n) is 2.22. The minimum absolute atomic E-state index is 0.235. The van der Waals surface area contributed by atoms with E-state index in [4.69, 9.17) is 34.8 Å². The van der Waals surface area contributed by atoms with E-state index < -0.39 is 0 Å². The van der Waals surface area contributed by atoms with E-state index in [-0.39, 0.29) is 5.91 Å². The number of anilines is 1. The van der Waals surface area contributed by atoms with Crippen LogP contribution in [0.25, 0.3) is 0 Å². The first-order valence-corrected chi connectivity index (χ1v) is 8.81. The number of carbonyl (C=O) groups excluding carboxylic acids is 1.